The second-order valence-corrected chi connectivity index (χ2v) is 7.01. The predicted molar refractivity (Wildman–Crippen MR) is 96.2 cm³/mol. The molecule has 0 bridgehead atoms. The maximum absolute atomic E-state index is 12.9. The van der Waals surface area contributed by atoms with E-state index < -0.39 is 18.0 Å². The summed E-state index contributed by atoms with van der Waals surface area (Å²) >= 11 is 0. The van der Waals surface area contributed by atoms with Crippen molar-refractivity contribution in [1.29, 1.82) is 0 Å². The maximum Gasteiger partial charge on any atom is 0.376 e. The molecule has 1 fully saturated rings. The topological polar surface area (TPSA) is 52.6 Å². The Labute approximate surface area is 156 Å². The lowest BCUT2D eigenvalue weighted by molar-refractivity contribution is -0.177. The Bertz CT molecular complexity index is 815. The van der Waals surface area contributed by atoms with Gasteiger partial charge in [-0.1, -0.05) is 42.5 Å². The Morgan fingerprint density at radius 3 is 2.41 bits per heavy atom. The van der Waals surface area contributed by atoms with Gasteiger partial charge in [-0.2, -0.15) is 8.78 Å². The minimum atomic E-state index is -3.49. The minimum Gasteiger partial charge on any atom is -0.461 e. The highest BCUT2D eigenvalue weighted by atomic mass is 19.3. The number of halogens is 2. The monoisotopic (exact) mass is 376 g/mol. The fourth-order valence-corrected chi connectivity index (χ4v) is 3.36. The van der Waals surface area contributed by atoms with Crippen LogP contribution in [0.3, 0.4) is 0 Å². The molecular formula is C21H22F2O4. The average molecular weight is 376 g/mol. The van der Waals surface area contributed by atoms with Crippen LogP contribution in [0.2, 0.25) is 0 Å². The zero-order valence-corrected chi connectivity index (χ0v) is 15.1. The van der Waals surface area contributed by atoms with Crippen LogP contribution in [-0.4, -0.2) is 24.0 Å². The van der Waals surface area contributed by atoms with E-state index in [4.69, 9.17) is 9.47 Å². The molecule has 0 N–H and O–H groups in total. The van der Waals surface area contributed by atoms with Crippen LogP contribution in [-0.2, 0) is 25.7 Å². The molecule has 0 saturated heterocycles. The van der Waals surface area contributed by atoms with Crippen molar-refractivity contribution < 1.29 is 27.8 Å². The summed E-state index contributed by atoms with van der Waals surface area (Å²) in [6.07, 6.45) is 1.12. The Morgan fingerprint density at radius 1 is 1.04 bits per heavy atom. The average Bonchev–Trinajstić information content (AvgIpc) is 2.66. The van der Waals surface area contributed by atoms with E-state index in [-0.39, 0.29) is 18.5 Å². The van der Waals surface area contributed by atoms with Crippen LogP contribution in [0.4, 0.5) is 8.78 Å². The normalized spacial score (nSPS) is 20.3. The van der Waals surface area contributed by atoms with Gasteiger partial charge in [0.2, 0.25) is 0 Å². The maximum atomic E-state index is 12.9. The van der Waals surface area contributed by atoms with Crippen LogP contribution in [0, 0.1) is 5.92 Å². The number of hydrogen-bond acceptors (Lipinski definition) is 4. The first-order chi connectivity index (χ1) is 12.8. The lowest BCUT2D eigenvalue weighted by Crippen LogP contribution is -2.34. The third-order valence-corrected chi connectivity index (χ3v) is 4.89. The molecule has 0 radical (unpaired) electrons. The van der Waals surface area contributed by atoms with Gasteiger partial charge >= 0.3 is 17.9 Å². The number of carbonyl (C=O) groups is 2. The summed E-state index contributed by atoms with van der Waals surface area (Å²) in [5, 5.41) is 2.13. The number of ether oxygens (including phenoxy) is 2. The van der Waals surface area contributed by atoms with Gasteiger partial charge in [0, 0.05) is 6.92 Å². The van der Waals surface area contributed by atoms with Crippen molar-refractivity contribution in [3.63, 3.8) is 0 Å². The highest BCUT2D eigenvalue weighted by molar-refractivity contribution is 5.85. The van der Waals surface area contributed by atoms with Gasteiger partial charge in [-0.3, -0.25) is 4.79 Å². The van der Waals surface area contributed by atoms with E-state index in [9.17, 15) is 18.4 Å². The van der Waals surface area contributed by atoms with Crippen molar-refractivity contribution in [2.75, 3.05) is 0 Å². The lowest BCUT2D eigenvalue weighted by atomic mass is 9.87. The molecule has 0 atom stereocenters. The second-order valence-electron chi connectivity index (χ2n) is 7.01. The predicted octanol–water partition coefficient (Wildman–Crippen LogP) is 4.64. The Balaban J connectivity index is 1.51. The molecule has 4 nitrogen and oxygen atoms in total. The van der Waals surface area contributed by atoms with Crippen molar-refractivity contribution in [2.45, 2.75) is 51.2 Å². The smallest absolute Gasteiger partial charge is 0.376 e. The number of benzene rings is 2. The molecule has 0 aromatic heterocycles. The van der Waals surface area contributed by atoms with Gasteiger partial charge in [0.15, 0.2) is 0 Å². The molecule has 1 aliphatic rings. The van der Waals surface area contributed by atoms with Crippen molar-refractivity contribution in [1.82, 2.24) is 0 Å². The highest BCUT2D eigenvalue weighted by Gasteiger charge is 2.37. The summed E-state index contributed by atoms with van der Waals surface area (Å²) in [5.74, 6) is -5.59. The number of carbonyl (C=O) groups excluding carboxylic acids is 2. The third kappa shape index (κ3) is 4.81. The SMILES string of the molecule is CC(F)(F)C(=O)OC1CCC(C(=O)OCc2cccc3ccccc23)CC1. The fourth-order valence-electron chi connectivity index (χ4n) is 3.36. The molecule has 0 spiro atoms. The quantitative estimate of drug-likeness (QED) is 0.714. The van der Waals surface area contributed by atoms with E-state index in [1.54, 1.807) is 0 Å². The Kier molecular flexibility index (Phi) is 5.73. The van der Waals surface area contributed by atoms with Crippen LogP contribution >= 0.6 is 0 Å². The molecule has 1 aliphatic carbocycles. The summed E-state index contributed by atoms with van der Waals surface area (Å²) in [4.78, 5) is 23.6. The molecular weight excluding hydrogens is 354 g/mol. The molecule has 0 aliphatic heterocycles. The molecule has 0 unspecified atom stereocenters. The van der Waals surface area contributed by atoms with E-state index in [1.807, 2.05) is 42.5 Å². The number of hydrogen-bond donors (Lipinski definition) is 0. The third-order valence-electron chi connectivity index (χ3n) is 4.89. The first-order valence-electron chi connectivity index (χ1n) is 9.07. The van der Waals surface area contributed by atoms with Crippen molar-refractivity contribution in [3.05, 3.63) is 48.0 Å². The van der Waals surface area contributed by atoms with Gasteiger partial charge in [0.05, 0.1) is 5.92 Å². The zero-order chi connectivity index (χ0) is 19.4. The van der Waals surface area contributed by atoms with Crippen molar-refractivity contribution in [2.24, 2.45) is 5.92 Å². The van der Waals surface area contributed by atoms with Gasteiger partial charge in [0.25, 0.3) is 0 Å². The van der Waals surface area contributed by atoms with Crippen LogP contribution in [0.25, 0.3) is 10.8 Å². The summed E-state index contributed by atoms with van der Waals surface area (Å²) in [6, 6.07) is 13.7. The molecule has 0 amide bonds. The van der Waals surface area contributed by atoms with Crippen molar-refractivity contribution in [3.8, 4) is 0 Å². The Morgan fingerprint density at radius 2 is 1.70 bits per heavy atom. The molecule has 0 heterocycles. The first-order valence-corrected chi connectivity index (χ1v) is 9.07. The van der Waals surface area contributed by atoms with Gasteiger partial charge in [-0.15, -0.1) is 0 Å². The number of fused-ring (bicyclic) bond motifs is 1. The molecule has 144 valence electrons. The van der Waals surface area contributed by atoms with E-state index in [1.165, 1.54) is 0 Å². The molecule has 27 heavy (non-hydrogen) atoms. The van der Waals surface area contributed by atoms with E-state index in [0.717, 1.165) is 16.3 Å². The summed E-state index contributed by atoms with van der Waals surface area (Å²) in [6.45, 7) is 0.711. The van der Waals surface area contributed by atoms with Crippen LogP contribution in [0.15, 0.2) is 42.5 Å². The van der Waals surface area contributed by atoms with E-state index in [0.29, 0.717) is 32.6 Å². The summed E-state index contributed by atoms with van der Waals surface area (Å²) < 4.78 is 36.1. The first kappa shape index (κ1) is 19.3. The molecule has 2 aromatic carbocycles. The van der Waals surface area contributed by atoms with Gasteiger partial charge < -0.3 is 9.47 Å². The van der Waals surface area contributed by atoms with Gasteiger partial charge in [-0.25, -0.2) is 4.79 Å². The zero-order valence-electron chi connectivity index (χ0n) is 15.1. The fraction of sp³-hybridized carbons (Fsp3) is 0.429. The largest absolute Gasteiger partial charge is 0.461 e. The number of rotatable bonds is 5. The summed E-state index contributed by atoms with van der Waals surface area (Å²) in [5.41, 5.74) is 0.939. The van der Waals surface area contributed by atoms with Gasteiger partial charge in [-0.05, 0) is 42.0 Å². The van der Waals surface area contributed by atoms with Crippen LogP contribution in [0.5, 0.6) is 0 Å². The highest BCUT2D eigenvalue weighted by Crippen LogP contribution is 2.29. The van der Waals surface area contributed by atoms with E-state index >= 15 is 0 Å². The number of alkyl halides is 2. The van der Waals surface area contributed by atoms with Crippen molar-refractivity contribution >= 4 is 22.7 Å². The molecule has 3 rings (SSSR count). The summed E-state index contributed by atoms with van der Waals surface area (Å²) in [7, 11) is 0. The standard InChI is InChI=1S/C21H22F2O4/c1-21(22,23)20(25)27-17-11-9-15(10-12-17)19(24)26-13-16-7-4-6-14-5-2-3-8-18(14)16/h2-8,15,17H,9-13H2,1H3. The minimum absolute atomic E-state index is 0.192. The lowest BCUT2D eigenvalue weighted by Gasteiger charge is -2.27. The molecule has 2 aromatic rings. The van der Waals surface area contributed by atoms with Gasteiger partial charge in [0.1, 0.15) is 12.7 Å². The van der Waals surface area contributed by atoms with Crippen LogP contribution in [0.1, 0.15) is 38.2 Å². The van der Waals surface area contributed by atoms with Crippen LogP contribution < -0.4 is 0 Å². The number of esters is 2. The van der Waals surface area contributed by atoms with E-state index in [2.05, 4.69) is 0 Å². The molecule has 1 saturated carbocycles. The molecule has 6 heteroatoms. The second kappa shape index (κ2) is 8.03. The Hall–Kier alpha value is -2.50.